The molecule has 2 aliphatic rings. The molecule has 1 saturated carbocycles. The minimum atomic E-state index is -0.735. The highest BCUT2D eigenvalue weighted by molar-refractivity contribution is 5.81. The normalized spacial score (nSPS) is 29.2. The number of carboxylic acids is 1. The molecular weight excluding hydrogens is 242 g/mol. The predicted molar refractivity (Wildman–Crippen MR) is 72.7 cm³/mol. The SMILES string of the molecule is CC1(C(=O)O)CCN(C(=O)C2CCCC2(C)C)CC1. The van der Waals surface area contributed by atoms with Crippen LogP contribution in [0.25, 0.3) is 0 Å². The molecule has 19 heavy (non-hydrogen) atoms. The summed E-state index contributed by atoms with van der Waals surface area (Å²) in [4.78, 5) is 25.7. The van der Waals surface area contributed by atoms with E-state index >= 15 is 0 Å². The quantitative estimate of drug-likeness (QED) is 0.836. The van der Waals surface area contributed by atoms with Gasteiger partial charge in [0.05, 0.1) is 5.41 Å². The van der Waals surface area contributed by atoms with Crippen molar-refractivity contribution in [3.05, 3.63) is 0 Å². The first-order valence-electron chi connectivity index (χ1n) is 7.28. The van der Waals surface area contributed by atoms with E-state index in [2.05, 4.69) is 13.8 Å². The van der Waals surface area contributed by atoms with Crippen LogP contribution in [0.2, 0.25) is 0 Å². The predicted octanol–water partition coefficient (Wildman–Crippen LogP) is 2.53. The van der Waals surface area contributed by atoms with Crippen molar-refractivity contribution >= 4 is 11.9 Å². The van der Waals surface area contributed by atoms with Gasteiger partial charge >= 0.3 is 5.97 Å². The summed E-state index contributed by atoms with van der Waals surface area (Å²) >= 11 is 0. The highest BCUT2D eigenvalue weighted by atomic mass is 16.4. The molecule has 0 aromatic rings. The van der Waals surface area contributed by atoms with Gasteiger partial charge in [0.1, 0.15) is 0 Å². The monoisotopic (exact) mass is 267 g/mol. The highest BCUT2D eigenvalue weighted by Gasteiger charge is 2.44. The minimum Gasteiger partial charge on any atom is -0.481 e. The van der Waals surface area contributed by atoms with E-state index in [0.29, 0.717) is 25.9 Å². The molecule has 4 nitrogen and oxygen atoms in total. The zero-order valence-corrected chi connectivity index (χ0v) is 12.2. The van der Waals surface area contributed by atoms with Crippen molar-refractivity contribution in [3.8, 4) is 0 Å². The molecular formula is C15H25NO3. The van der Waals surface area contributed by atoms with Gasteiger partial charge in [-0.05, 0) is 38.0 Å². The molecule has 1 amide bonds. The van der Waals surface area contributed by atoms with Gasteiger partial charge < -0.3 is 10.0 Å². The Morgan fingerprint density at radius 2 is 1.68 bits per heavy atom. The molecule has 1 unspecified atom stereocenters. The molecule has 1 atom stereocenters. The molecule has 0 aromatic heterocycles. The number of likely N-dealkylation sites (tertiary alicyclic amines) is 1. The summed E-state index contributed by atoms with van der Waals surface area (Å²) in [5.74, 6) is -0.364. The first kappa shape index (κ1) is 14.4. The maximum absolute atomic E-state index is 12.6. The lowest BCUT2D eigenvalue weighted by molar-refractivity contribution is -0.154. The summed E-state index contributed by atoms with van der Waals surface area (Å²) in [5.41, 5.74) is -0.549. The van der Waals surface area contributed by atoms with E-state index in [0.717, 1.165) is 19.3 Å². The summed E-state index contributed by atoms with van der Waals surface area (Å²) in [6.45, 7) is 7.32. The van der Waals surface area contributed by atoms with E-state index in [1.807, 2.05) is 4.90 Å². The Labute approximate surface area is 115 Å². The van der Waals surface area contributed by atoms with E-state index in [-0.39, 0.29) is 17.2 Å². The molecule has 1 N–H and O–H groups in total. The Morgan fingerprint density at radius 3 is 2.11 bits per heavy atom. The van der Waals surface area contributed by atoms with Crippen LogP contribution in [0, 0.1) is 16.7 Å². The summed E-state index contributed by atoms with van der Waals surface area (Å²) in [6.07, 6.45) is 4.37. The molecule has 1 heterocycles. The van der Waals surface area contributed by atoms with Crippen molar-refractivity contribution in [2.45, 2.75) is 52.9 Å². The fourth-order valence-corrected chi connectivity index (χ4v) is 3.44. The lowest BCUT2D eigenvalue weighted by Gasteiger charge is -2.39. The standard InChI is InChI=1S/C15H25NO3/c1-14(2)6-4-5-11(14)12(17)16-9-7-15(3,8-10-16)13(18)19/h11H,4-10H2,1-3H3,(H,18,19). The Hall–Kier alpha value is -1.06. The van der Waals surface area contributed by atoms with E-state index < -0.39 is 11.4 Å². The average molecular weight is 267 g/mol. The molecule has 1 aliphatic heterocycles. The van der Waals surface area contributed by atoms with Crippen LogP contribution >= 0.6 is 0 Å². The Kier molecular flexibility index (Phi) is 3.63. The summed E-state index contributed by atoms with van der Waals surface area (Å²) in [5, 5.41) is 9.21. The van der Waals surface area contributed by atoms with Gasteiger partial charge in [-0.3, -0.25) is 9.59 Å². The third kappa shape index (κ3) is 2.63. The van der Waals surface area contributed by atoms with Gasteiger partial charge in [0.2, 0.25) is 5.91 Å². The number of amides is 1. The number of carbonyl (C=O) groups is 2. The molecule has 0 aromatic carbocycles. The number of hydrogen-bond donors (Lipinski definition) is 1. The van der Waals surface area contributed by atoms with Crippen LogP contribution in [0.4, 0.5) is 0 Å². The second-order valence-electron chi connectivity index (χ2n) is 7.12. The van der Waals surface area contributed by atoms with Gasteiger partial charge in [0, 0.05) is 19.0 Å². The van der Waals surface area contributed by atoms with Gasteiger partial charge in [-0.1, -0.05) is 20.3 Å². The number of carbonyl (C=O) groups excluding carboxylic acids is 1. The Balaban J connectivity index is 1.98. The molecule has 2 rings (SSSR count). The third-order valence-electron chi connectivity index (χ3n) is 5.25. The number of piperidine rings is 1. The number of rotatable bonds is 2. The lowest BCUT2D eigenvalue weighted by atomic mass is 9.78. The molecule has 0 radical (unpaired) electrons. The van der Waals surface area contributed by atoms with E-state index in [9.17, 15) is 14.7 Å². The van der Waals surface area contributed by atoms with Crippen LogP contribution in [0.5, 0.6) is 0 Å². The van der Waals surface area contributed by atoms with Crippen LogP contribution in [-0.2, 0) is 9.59 Å². The lowest BCUT2D eigenvalue weighted by Crippen LogP contribution is -2.48. The molecule has 0 bridgehead atoms. The number of nitrogens with zero attached hydrogens (tertiary/aromatic N) is 1. The first-order chi connectivity index (χ1) is 8.76. The first-order valence-corrected chi connectivity index (χ1v) is 7.28. The van der Waals surface area contributed by atoms with E-state index in [1.165, 1.54) is 0 Å². The molecule has 108 valence electrons. The maximum Gasteiger partial charge on any atom is 0.309 e. The zero-order valence-electron chi connectivity index (χ0n) is 12.2. The number of hydrogen-bond acceptors (Lipinski definition) is 2. The van der Waals surface area contributed by atoms with Crippen molar-refractivity contribution in [3.63, 3.8) is 0 Å². The number of carboxylic acid groups (broad SMARTS) is 1. The molecule has 0 spiro atoms. The van der Waals surface area contributed by atoms with Gasteiger partial charge in [-0.25, -0.2) is 0 Å². The highest BCUT2D eigenvalue weighted by Crippen LogP contribution is 2.44. The maximum atomic E-state index is 12.6. The van der Waals surface area contributed by atoms with Crippen LogP contribution < -0.4 is 0 Å². The molecule has 1 saturated heterocycles. The minimum absolute atomic E-state index is 0.102. The number of aliphatic carboxylic acids is 1. The van der Waals surface area contributed by atoms with E-state index in [1.54, 1.807) is 6.92 Å². The van der Waals surface area contributed by atoms with Crippen molar-refractivity contribution in [2.24, 2.45) is 16.7 Å². The second-order valence-corrected chi connectivity index (χ2v) is 7.12. The molecule has 1 aliphatic carbocycles. The van der Waals surface area contributed by atoms with Crippen LogP contribution in [0.15, 0.2) is 0 Å². The molecule has 2 fully saturated rings. The smallest absolute Gasteiger partial charge is 0.309 e. The average Bonchev–Trinajstić information content (AvgIpc) is 2.69. The van der Waals surface area contributed by atoms with Crippen LogP contribution in [-0.4, -0.2) is 35.0 Å². The van der Waals surface area contributed by atoms with Gasteiger partial charge in [0.15, 0.2) is 0 Å². The fourth-order valence-electron chi connectivity index (χ4n) is 3.44. The Bertz CT molecular complexity index is 381. The van der Waals surface area contributed by atoms with E-state index in [4.69, 9.17) is 0 Å². The second kappa shape index (κ2) is 4.80. The summed E-state index contributed by atoms with van der Waals surface area (Å²) in [7, 11) is 0. The summed E-state index contributed by atoms with van der Waals surface area (Å²) < 4.78 is 0. The van der Waals surface area contributed by atoms with Gasteiger partial charge in [0.25, 0.3) is 0 Å². The summed E-state index contributed by atoms with van der Waals surface area (Å²) in [6, 6.07) is 0. The van der Waals surface area contributed by atoms with Crippen molar-refractivity contribution in [2.75, 3.05) is 13.1 Å². The van der Waals surface area contributed by atoms with Crippen molar-refractivity contribution in [1.29, 1.82) is 0 Å². The van der Waals surface area contributed by atoms with Gasteiger partial charge in [-0.15, -0.1) is 0 Å². The van der Waals surface area contributed by atoms with Gasteiger partial charge in [-0.2, -0.15) is 0 Å². The molecule has 4 heteroatoms. The topological polar surface area (TPSA) is 57.6 Å². The third-order valence-corrected chi connectivity index (χ3v) is 5.25. The van der Waals surface area contributed by atoms with Crippen molar-refractivity contribution < 1.29 is 14.7 Å². The van der Waals surface area contributed by atoms with Crippen molar-refractivity contribution in [1.82, 2.24) is 4.90 Å². The Morgan fingerprint density at radius 1 is 1.11 bits per heavy atom. The van der Waals surface area contributed by atoms with Crippen LogP contribution in [0.1, 0.15) is 52.9 Å². The fraction of sp³-hybridized carbons (Fsp3) is 0.867. The zero-order chi connectivity index (χ0) is 14.3. The largest absolute Gasteiger partial charge is 0.481 e. The van der Waals surface area contributed by atoms with Crippen LogP contribution in [0.3, 0.4) is 0 Å².